The number of halogens is 3. The molecule has 0 aliphatic heterocycles. The van der Waals surface area contributed by atoms with Gasteiger partial charge in [-0.3, -0.25) is 0 Å². The number of nitrogens with zero attached hydrogens (tertiary/aromatic N) is 2. The molecule has 24 heavy (non-hydrogen) atoms. The van der Waals surface area contributed by atoms with E-state index in [1.165, 1.54) is 12.1 Å². The van der Waals surface area contributed by atoms with Gasteiger partial charge in [-0.05, 0) is 35.7 Å². The lowest BCUT2D eigenvalue weighted by Gasteiger charge is -2.06. The summed E-state index contributed by atoms with van der Waals surface area (Å²) in [6.07, 6.45) is -2.60. The smallest absolute Gasteiger partial charge is 0.361 e. The average Bonchev–Trinajstić information content (AvgIpc) is 3.22. The minimum absolute atomic E-state index is 0.114. The highest BCUT2D eigenvalue weighted by Gasteiger charge is 2.30. The van der Waals surface area contributed by atoms with Gasteiger partial charge >= 0.3 is 6.18 Å². The lowest BCUT2D eigenvalue weighted by atomic mass is 10.1. The molecular weight excluding hydrogens is 319 g/mol. The van der Waals surface area contributed by atoms with Gasteiger partial charge in [0.25, 0.3) is 5.89 Å². The SMILES string of the molecule is FC(F)(F)c1cccc(-c2noc(-c3ccc4cc[nH]c4c3)n2)c1. The normalized spacial score (nSPS) is 12.0. The van der Waals surface area contributed by atoms with Crippen molar-refractivity contribution >= 4 is 10.9 Å². The van der Waals surface area contributed by atoms with Crippen molar-refractivity contribution in [2.24, 2.45) is 0 Å². The second-order valence-electron chi connectivity index (χ2n) is 5.28. The fourth-order valence-corrected chi connectivity index (χ4v) is 2.47. The van der Waals surface area contributed by atoms with Crippen LogP contribution in [0.5, 0.6) is 0 Å². The number of nitrogens with one attached hydrogen (secondary N) is 1. The number of H-pyrrole nitrogens is 1. The van der Waals surface area contributed by atoms with Crippen LogP contribution in [0.3, 0.4) is 0 Å². The van der Waals surface area contributed by atoms with E-state index >= 15 is 0 Å². The van der Waals surface area contributed by atoms with Gasteiger partial charge in [0.2, 0.25) is 5.82 Å². The molecule has 4 aromatic rings. The molecule has 4 rings (SSSR count). The summed E-state index contributed by atoms with van der Waals surface area (Å²) in [6.45, 7) is 0. The minimum Gasteiger partial charge on any atom is -0.361 e. The van der Waals surface area contributed by atoms with Gasteiger partial charge in [-0.25, -0.2) is 0 Å². The van der Waals surface area contributed by atoms with Crippen LogP contribution in [0.4, 0.5) is 13.2 Å². The molecule has 0 spiro atoms. The van der Waals surface area contributed by atoms with Gasteiger partial charge in [0, 0.05) is 22.8 Å². The Morgan fingerprint density at radius 1 is 0.958 bits per heavy atom. The van der Waals surface area contributed by atoms with Gasteiger partial charge in [-0.2, -0.15) is 18.2 Å². The maximum Gasteiger partial charge on any atom is 0.416 e. The molecule has 0 bridgehead atoms. The number of aromatic nitrogens is 3. The predicted octanol–water partition coefficient (Wildman–Crippen LogP) is 4.90. The van der Waals surface area contributed by atoms with Crippen LogP contribution in [0, 0.1) is 0 Å². The summed E-state index contributed by atoms with van der Waals surface area (Å²) < 4.78 is 43.6. The fraction of sp³-hybridized carbons (Fsp3) is 0.0588. The summed E-state index contributed by atoms with van der Waals surface area (Å²) in [4.78, 5) is 7.28. The zero-order valence-electron chi connectivity index (χ0n) is 12.1. The molecule has 0 fully saturated rings. The Balaban J connectivity index is 1.72. The first kappa shape index (κ1) is 14.5. The van der Waals surface area contributed by atoms with Crippen molar-refractivity contribution in [3.63, 3.8) is 0 Å². The second-order valence-corrected chi connectivity index (χ2v) is 5.28. The second kappa shape index (κ2) is 5.23. The van der Waals surface area contributed by atoms with Crippen LogP contribution in [-0.4, -0.2) is 15.1 Å². The van der Waals surface area contributed by atoms with E-state index in [9.17, 15) is 13.2 Å². The van der Waals surface area contributed by atoms with Gasteiger partial charge < -0.3 is 9.51 Å². The van der Waals surface area contributed by atoms with Crippen molar-refractivity contribution in [3.8, 4) is 22.8 Å². The van der Waals surface area contributed by atoms with E-state index in [-0.39, 0.29) is 17.3 Å². The van der Waals surface area contributed by atoms with Gasteiger partial charge in [0.15, 0.2) is 0 Å². The van der Waals surface area contributed by atoms with E-state index in [0.717, 1.165) is 23.0 Å². The maximum absolute atomic E-state index is 12.8. The molecule has 0 saturated heterocycles. The van der Waals surface area contributed by atoms with E-state index in [0.29, 0.717) is 5.56 Å². The Morgan fingerprint density at radius 3 is 2.67 bits per heavy atom. The topological polar surface area (TPSA) is 54.7 Å². The third-order valence-electron chi connectivity index (χ3n) is 3.68. The number of hydrogen-bond donors (Lipinski definition) is 1. The molecule has 0 aliphatic carbocycles. The number of rotatable bonds is 2. The number of benzene rings is 2. The number of aromatic amines is 1. The Hall–Kier alpha value is -3.09. The molecule has 0 saturated carbocycles. The summed E-state index contributed by atoms with van der Waals surface area (Å²) in [5, 5.41) is 4.83. The number of fused-ring (bicyclic) bond motifs is 1. The van der Waals surface area contributed by atoms with Crippen LogP contribution in [0.25, 0.3) is 33.7 Å². The Kier molecular flexibility index (Phi) is 3.16. The molecule has 7 heteroatoms. The van der Waals surface area contributed by atoms with Crippen LogP contribution >= 0.6 is 0 Å². The lowest BCUT2D eigenvalue weighted by Crippen LogP contribution is -2.04. The highest BCUT2D eigenvalue weighted by Crippen LogP contribution is 2.32. The third-order valence-corrected chi connectivity index (χ3v) is 3.68. The van der Waals surface area contributed by atoms with Crippen molar-refractivity contribution in [3.05, 3.63) is 60.3 Å². The van der Waals surface area contributed by atoms with Gasteiger partial charge in [-0.1, -0.05) is 23.4 Å². The van der Waals surface area contributed by atoms with Crippen LogP contribution in [0.1, 0.15) is 5.56 Å². The quantitative estimate of drug-likeness (QED) is 0.569. The molecule has 2 heterocycles. The molecule has 1 N–H and O–H groups in total. The van der Waals surface area contributed by atoms with E-state index in [1.54, 1.807) is 0 Å². The molecule has 120 valence electrons. The summed E-state index contributed by atoms with van der Waals surface area (Å²) >= 11 is 0. The summed E-state index contributed by atoms with van der Waals surface area (Å²) in [5.41, 5.74) is 1.10. The first-order chi connectivity index (χ1) is 11.5. The third kappa shape index (κ3) is 2.54. The summed E-state index contributed by atoms with van der Waals surface area (Å²) in [7, 11) is 0. The lowest BCUT2D eigenvalue weighted by molar-refractivity contribution is -0.137. The van der Waals surface area contributed by atoms with Gasteiger partial charge in [-0.15, -0.1) is 0 Å². The van der Waals surface area contributed by atoms with Crippen molar-refractivity contribution in [1.82, 2.24) is 15.1 Å². The molecule has 0 atom stereocenters. The molecule has 0 amide bonds. The number of alkyl halides is 3. The maximum atomic E-state index is 12.8. The van der Waals surface area contributed by atoms with Crippen molar-refractivity contribution in [2.75, 3.05) is 0 Å². The Labute approximate surface area is 133 Å². The van der Waals surface area contributed by atoms with E-state index in [1.807, 2.05) is 30.5 Å². The molecule has 0 unspecified atom stereocenters. The molecule has 0 aliphatic rings. The Bertz CT molecular complexity index is 1020. The van der Waals surface area contributed by atoms with E-state index < -0.39 is 11.7 Å². The summed E-state index contributed by atoms with van der Waals surface area (Å²) in [5.74, 6) is 0.363. The van der Waals surface area contributed by atoms with Crippen LogP contribution in [0.2, 0.25) is 0 Å². The first-order valence-electron chi connectivity index (χ1n) is 7.09. The van der Waals surface area contributed by atoms with Crippen LogP contribution in [0.15, 0.2) is 59.3 Å². The van der Waals surface area contributed by atoms with Crippen molar-refractivity contribution in [2.45, 2.75) is 6.18 Å². The first-order valence-corrected chi connectivity index (χ1v) is 7.09. The molecule has 2 aromatic heterocycles. The van der Waals surface area contributed by atoms with Crippen molar-refractivity contribution < 1.29 is 17.7 Å². The molecular formula is C17H10F3N3O. The molecule has 2 aromatic carbocycles. The monoisotopic (exact) mass is 329 g/mol. The number of hydrogen-bond acceptors (Lipinski definition) is 3. The zero-order valence-corrected chi connectivity index (χ0v) is 12.1. The molecule has 0 radical (unpaired) electrons. The standard InChI is InChI=1S/C17H10F3N3O/c18-17(19,20)13-3-1-2-11(8-13)15-22-16(24-23-15)12-5-4-10-6-7-21-14(10)9-12/h1-9,21H. The largest absolute Gasteiger partial charge is 0.416 e. The Morgan fingerprint density at radius 2 is 1.83 bits per heavy atom. The van der Waals surface area contributed by atoms with Gasteiger partial charge in [0.1, 0.15) is 0 Å². The van der Waals surface area contributed by atoms with E-state index in [2.05, 4.69) is 15.1 Å². The predicted molar refractivity (Wildman–Crippen MR) is 82.0 cm³/mol. The zero-order chi connectivity index (χ0) is 16.7. The average molecular weight is 329 g/mol. The van der Waals surface area contributed by atoms with Crippen molar-refractivity contribution in [1.29, 1.82) is 0 Å². The fourth-order valence-electron chi connectivity index (χ4n) is 2.47. The summed E-state index contributed by atoms with van der Waals surface area (Å²) in [6, 6.07) is 12.3. The van der Waals surface area contributed by atoms with Crippen LogP contribution < -0.4 is 0 Å². The highest BCUT2D eigenvalue weighted by molar-refractivity contribution is 5.83. The van der Waals surface area contributed by atoms with Crippen LogP contribution in [-0.2, 0) is 6.18 Å². The molecule has 4 nitrogen and oxygen atoms in total. The highest BCUT2D eigenvalue weighted by atomic mass is 19.4. The minimum atomic E-state index is -4.42. The van der Waals surface area contributed by atoms with E-state index in [4.69, 9.17) is 4.52 Å². The van der Waals surface area contributed by atoms with Gasteiger partial charge in [0.05, 0.1) is 5.56 Å².